The minimum absolute atomic E-state index is 0.148. The third-order valence-corrected chi connectivity index (χ3v) is 3.62. The molecule has 2 nitrogen and oxygen atoms in total. The highest BCUT2D eigenvalue weighted by Gasteiger charge is 2.12. The van der Waals surface area contributed by atoms with Crippen molar-refractivity contribution in [2.75, 3.05) is 0 Å². The molecule has 0 aliphatic carbocycles. The van der Waals surface area contributed by atoms with Gasteiger partial charge in [-0.2, -0.15) is 0 Å². The smallest absolute Gasteiger partial charge is 0.0480 e. The van der Waals surface area contributed by atoms with Gasteiger partial charge >= 0.3 is 0 Å². The van der Waals surface area contributed by atoms with Gasteiger partial charge in [-0.3, -0.25) is 11.3 Å². The Labute approximate surface area is 106 Å². The van der Waals surface area contributed by atoms with Gasteiger partial charge in [-0.25, -0.2) is 0 Å². The largest absolute Gasteiger partial charge is 0.271 e. The molecule has 1 unspecified atom stereocenters. The molecule has 1 aromatic carbocycles. The molecule has 0 aliphatic heterocycles. The molecule has 0 aliphatic rings. The van der Waals surface area contributed by atoms with E-state index < -0.39 is 0 Å². The fourth-order valence-electron chi connectivity index (χ4n) is 1.61. The van der Waals surface area contributed by atoms with Gasteiger partial charge in [-0.1, -0.05) is 34.1 Å². The maximum absolute atomic E-state index is 5.59. The van der Waals surface area contributed by atoms with Crippen molar-refractivity contribution in [2.24, 2.45) is 5.84 Å². The quantitative estimate of drug-likeness (QED) is 0.505. The van der Waals surface area contributed by atoms with Crippen LogP contribution >= 0.6 is 15.9 Å². The van der Waals surface area contributed by atoms with E-state index in [1.54, 1.807) is 0 Å². The van der Waals surface area contributed by atoms with Gasteiger partial charge in [0, 0.05) is 16.9 Å². The number of benzene rings is 1. The zero-order valence-electron chi connectivity index (χ0n) is 9.68. The van der Waals surface area contributed by atoms with E-state index in [4.69, 9.17) is 5.84 Å². The highest BCUT2D eigenvalue weighted by molar-refractivity contribution is 9.10. The fraction of sp³-hybridized carbons (Fsp3) is 0.385. The summed E-state index contributed by atoms with van der Waals surface area (Å²) in [5, 5.41) is 0. The first-order chi connectivity index (χ1) is 7.70. The number of hydrogen-bond acceptors (Lipinski definition) is 2. The molecule has 1 aromatic rings. The number of hydrogen-bond donors (Lipinski definition) is 2. The van der Waals surface area contributed by atoms with Crippen molar-refractivity contribution in [1.29, 1.82) is 0 Å². The molecule has 0 saturated heterocycles. The minimum atomic E-state index is 0.148. The van der Waals surface area contributed by atoms with Gasteiger partial charge in [0.25, 0.3) is 0 Å². The lowest BCUT2D eigenvalue weighted by Gasteiger charge is -2.17. The number of rotatable bonds is 4. The van der Waals surface area contributed by atoms with Crippen LogP contribution in [0.2, 0.25) is 0 Å². The molecule has 0 heterocycles. The van der Waals surface area contributed by atoms with Crippen LogP contribution in [0.3, 0.4) is 0 Å². The van der Waals surface area contributed by atoms with Gasteiger partial charge in [-0.15, -0.1) is 11.8 Å². The van der Waals surface area contributed by atoms with Crippen molar-refractivity contribution in [3.05, 3.63) is 33.8 Å². The van der Waals surface area contributed by atoms with E-state index in [1.807, 2.05) is 13.0 Å². The Morgan fingerprint density at radius 2 is 2.25 bits per heavy atom. The van der Waals surface area contributed by atoms with Crippen LogP contribution in [0.15, 0.2) is 22.7 Å². The van der Waals surface area contributed by atoms with Crippen LogP contribution in [0.1, 0.15) is 36.9 Å². The summed E-state index contributed by atoms with van der Waals surface area (Å²) in [4.78, 5) is 0. The van der Waals surface area contributed by atoms with Gasteiger partial charge in [0.2, 0.25) is 0 Å². The number of nitrogens with one attached hydrogen (secondary N) is 1. The lowest BCUT2D eigenvalue weighted by atomic mass is 10.0. The molecule has 0 amide bonds. The monoisotopic (exact) mass is 280 g/mol. The van der Waals surface area contributed by atoms with Crippen LogP contribution in [0.4, 0.5) is 0 Å². The van der Waals surface area contributed by atoms with Crippen molar-refractivity contribution in [1.82, 2.24) is 5.43 Å². The summed E-state index contributed by atoms with van der Waals surface area (Å²) in [6.07, 6.45) is 1.77. The second kappa shape index (κ2) is 6.70. The summed E-state index contributed by atoms with van der Waals surface area (Å²) in [7, 11) is 0. The Bertz CT molecular complexity index is 404. The van der Waals surface area contributed by atoms with E-state index in [-0.39, 0.29) is 6.04 Å². The van der Waals surface area contributed by atoms with Crippen LogP contribution < -0.4 is 11.3 Å². The molecule has 0 bridgehead atoms. The predicted molar refractivity (Wildman–Crippen MR) is 71.6 cm³/mol. The normalized spacial score (nSPS) is 11.8. The maximum atomic E-state index is 5.59. The van der Waals surface area contributed by atoms with Crippen molar-refractivity contribution < 1.29 is 0 Å². The Balaban J connectivity index is 2.85. The lowest BCUT2D eigenvalue weighted by molar-refractivity contribution is 0.521. The average molecular weight is 281 g/mol. The molecular weight excluding hydrogens is 264 g/mol. The summed E-state index contributed by atoms with van der Waals surface area (Å²) in [6.45, 7) is 3.93. The van der Waals surface area contributed by atoms with Crippen LogP contribution in [0, 0.1) is 18.8 Å². The number of halogens is 1. The third kappa shape index (κ3) is 3.34. The Morgan fingerprint density at radius 3 is 2.88 bits per heavy atom. The van der Waals surface area contributed by atoms with E-state index in [0.717, 1.165) is 17.3 Å². The first-order valence-electron chi connectivity index (χ1n) is 5.31. The van der Waals surface area contributed by atoms with Crippen molar-refractivity contribution in [3.63, 3.8) is 0 Å². The summed E-state index contributed by atoms with van der Waals surface area (Å²) in [6, 6.07) is 6.36. The van der Waals surface area contributed by atoms with Gasteiger partial charge in [0.1, 0.15) is 0 Å². The molecule has 3 N–H and O–H groups in total. The second-order valence-electron chi connectivity index (χ2n) is 3.66. The maximum Gasteiger partial charge on any atom is 0.0480 e. The number of nitrogens with two attached hydrogens (primary N) is 1. The van der Waals surface area contributed by atoms with Gasteiger partial charge in [-0.05, 0) is 31.4 Å². The Kier molecular flexibility index (Phi) is 5.54. The summed E-state index contributed by atoms with van der Waals surface area (Å²) >= 11 is 3.60. The molecule has 16 heavy (non-hydrogen) atoms. The topological polar surface area (TPSA) is 38.0 Å². The van der Waals surface area contributed by atoms with Crippen LogP contribution in [-0.4, -0.2) is 0 Å². The third-order valence-electron chi connectivity index (χ3n) is 2.53. The van der Waals surface area contributed by atoms with E-state index in [2.05, 4.69) is 52.3 Å². The molecule has 0 saturated carbocycles. The molecule has 86 valence electrons. The summed E-state index contributed by atoms with van der Waals surface area (Å²) in [5.41, 5.74) is 5.26. The number of aryl methyl sites for hydroxylation is 1. The van der Waals surface area contributed by atoms with Crippen molar-refractivity contribution in [2.45, 2.75) is 32.7 Å². The zero-order chi connectivity index (χ0) is 12.0. The molecule has 1 rings (SSSR count). The summed E-state index contributed by atoms with van der Waals surface area (Å²) < 4.78 is 1.13. The van der Waals surface area contributed by atoms with Crippen molar-refractivity contribution >= 4 is 15.9 Å². The lowest BCUT2D eigenvalue weighted by Crippen LogP contribution is -2.28. The highest BCUT2D eigenvalue weighted by atomic mass is 79.9. The average Bonchev–Trinajstić information content (AvgIpc) is 2.29. The Morgan fingerprint density at radius 1 is 1.50 bits per heavy atom. The first-order valence-corrected chi connectivity index (χ1v) is 6.10. The predicted octanol–water partition coefficient (Wildman–Crippen LogP) is 3.07. The molecule has 0 spiro atoms. The SMILES string of the molecule is CC#CCCC(NN)c1cccc(C)c1Br. The molecule has 1 atom stereocenters. The minimum Gasteiger partial charge on any atom is -0.271 e. The van der Waals surface area contributed by atoms with Gasteiger partial charge in [0.15, 0.2) is 0 Å². The van der Waals surface area contributed by atoms with E-state index in [1.165, 1.54) is 11.1 Å². The molecule has 0 fully saturated rings. The van der Waals surface area contributed by atoms with Crippen LogP contribution in [-0.2, 0) is 0 Å². The van der Waals surface area contributed by atoms with Gasteiger partial charge < -0.3 is 0 Å². The van der Waals surface area contributed by atoms with Gasteiger partial charge in [0.05, 0.1) is 0 Å². The van der Waals surface area contributed by atoms with Crippen LogP contribution in [0.5, 0.6) is 0 Å². The molecule has 3 heteroatoms. The standard InChI is InChI=1S/C13H17BrN2/c1-3-4-5-9-12(16-15)11-8-6-7-10(2)13(11)14/h6-8,12,16H,5,9,15H2,1-2H3. The molecular formula is C13H17BrN2. The van der Waals surface area contributed by atoms with E-state index in [9.17, 15) is 0 Å². The number of hydrazine groups is 1. The van der Waals surface area contributed by atoms with Crippen molar-refractivity contribution in [3.8, 4) is 11.8 Å². The second-order valence-corrected chi connectivity index (χ2v) is 4.46. The zero-order valence-corrected chi connectivity index (χ0v) is 11.3. The molecule has 0 radical (unpaired) electrons. The fourth-order valence-corrected chi connectivity index (χ4v) is 2.15. The van der Waals surface area contributed by atoms with E-state index in [0.29, 0.717) is 0 Å². The van der Waals surface area contributed by atoms with Crippen LogP contribution in [0.25, 0.3) is 0 Å². The molecule has 0 aromatic heterocycles. The van der Waals surface area contributed by atoms with E-state index >= 15 is 0 Å². The highest BCUT2D eigenvalue weighted by Crippen LogP contribution is 2.28. The first kappa shape index (κ1) is 13.2. The Hall–Kier alpha value is -0.820. The summed E-state index contributed by atoms with van der Waals surface area (Å²) in [5.74, 6) is 11.5.